The van der Waals surface area contributed by atoms with Crippen LogP contribution in [0.25, 0.3) is 0 Å². The smallest absolute Gasteiger partial charge is 0.223 e. The average Bonchev–Trinajstić information content (AvgIpc) is 3.27. The Morgan fingerprint density at radius 3 is 2.37 bits per heavy atom. The molecule has 2 aromatic carbocycles. The molecule has 6 nitrogen and oxygen atoms in total. The Hall–Kier alpha value is -2.71. The second-order valence-electron chi connectivity index (χ2n) is 8.99. The van der Waals surface area contributed by atoms with E-state index in [4.69, 9.17) is 9.47 Å². The minimum Gasteiger partial charge on any atom is -0.494 e. The summed E-state index contributed by atoms with van der Waals surface area (Å²) in [6.45, 7) is 3.48. The van der Waals surface area contributed by atoms with Crippen molar-refractivity contribution in [1.82, 2.24) is 10.2 Å². The summed E-state index contributed by atoms with van der Waals surface area (Å²) in [4.78, 5) is 14.6. The van der Waals surface area contributed by atoms with E-state index in [0.29, 0.717) is 62.6 Å². The van der Waals surface area contributed by atoms with Crippen LogP contribution in [-0.2, 0) is 4.79 Å². The Morgan fingerprint density at radius 2 is 1.74 bits per heavy atom. The number of carbonyl (C=O) groups excluding carboxylic acids is 1. The fraction of sp³-hybridized carbons (Fsp3) is 0.519. The third-order valence-electron chi connectivity index (χ3n) is 6.03. The highest BCUT2D eigenvalue weighted by Crippen LogP contribution is 2.23. The zero-order valence-corrected chi connectivity index (χ0v) is 20.3. The summed E-state index contributed by atoms with van der Waals surface area (Å²) in [7, 11) is 0. The van der Waals surface area contributed by atoms with Crippen LogP contribution in [0, 0.1) is 6.92 Å². The van der Waals surface area contributed by atoms with Crippen molar-refractivity contribution in [3.8, 4) is 11.5 Å². The topological polar surface area (TPSA) is 71.0 Å². The lowest BCUT2D eigenvalue weighted by molar-refractivity contribution is -0.123. The third-order valence-corrected chi connectivity index (χ3v) is 6.03. The molecule has 3 rings (SSSR count). The second-order valence-corrected chi connectivity index (χ2v) is 8.99. The van der Waals surface area contributed by atoms with Crippen LogP contribution in [0.3, 0.4) is 0 Å². The van der Waals surface area contributed by atoms with Gasteiger partial charge in [-0.1, -0.05) is 29.8 Å². The number of ether oxygens (including phenoxy) is 2. The number of hydrogen-bond donors (Lipinski definition) is 2. The molecule has 192 valence electrons. The van der Waals surface area contributed by atoms with Gasteiger partial charge in [-0.25, -0.2) is 4.39 Å². The number of halogens is 2. The lowest BCUT2D eigenvalue weighted by Gasteiger charge is -2.29. The van der Waals surface area contributed by atoms with E-state index in [9.17, 15) is 18.7 Å². The molecule has 0 aromatic heterocycles. The van der Waals surface area contributed by atoms with Crippen LogP contribution in [0.15, 0.2) is 48.5 Å². The van der Waals surface area contributed by atoms with Crippen molar-refractivity contribution in [1.29, 1.82) is 0 Å². The molecule has 3 unspecified atom stereocenters. The van der Waals surface area contributed by atoms with Crippen LogP contribution in [0.4, 0.5) is 8.78 Å². The molecule has 0 radical (unpaired) electrons. The summed E-state index contributed by atoms with van der Waals surface area (Å²) in [5.41, 5.74) is 1.75. The number of likely N-dealkylation sites (tertiary alicyclic amines) is 1. The van der Waals surface area contributed by atoms with Gasteiger partial charge in [0.15, 0.2) is 0 Å². The molecular weight excluding hydrogens is 454 g/mol. The molecule has 35 heavy (non-hydrogen) atoms. The van der Waals surface area contributed by atoms with Crippen molar-refractivity contribution < 1.29 is 28.2 Å². The summed E-state index contributed by atoms with van der Waals surface area (Å²) in [5, 5.41) is 14.0. The number of amides is 1. The van der Waals surface area contributed by atoms with Gasteiger partial charge >= 0.3 is 0 Å². The van der Waals surface area contributed by atoms with E-state index < -0.39 is 18.3 Å². The Kier molecular flexibility index (Phi) is 10.8. The first kappa shape index (κ1) is 26.9. The van der Waals surface area contributed by atoms with Crippen LogP contribution in [0.2, 0.25) is 0 Å². The van der Waals surface area contributed by atoms with Gasteiger partial charge in [0.2, 0.25) is 5.91 Å². The number of hydrogen-bond acceptors (Lipinski definition) is 5. The predicted molar refractivity (Wildman–Crippen MR) is 131 cm³/mol. The first-order valence-electron chi connectivity index (χ1n) is 12.3. The number of unbranched alkanes of at least 4 members (excludes halogenated alkanes) is 1. The van der Waals surface area contributed by atoms with E-state index in [1.807, 2.05) is 36.1 Å². The van der Waals surface area contributed by atoms with Gasteiger partial charge in [-0.2, -0.15) is 0 Å². The summed E-state index contributed by atoms with van der Waals surface area (Å²) < 4.78 is 37.2. The molecule has 8 heteroatoms. The first-order valence-corrected chi connectivity index (χ1v) is 12.3. The van der Waals surface area contributed by atoms with Gasteiger partial charge < -0.3 is 19.9 Å². The fourth-order valence-electron chi connectivity index (χ4n) is 4.01. The average molecular weight is 491 g/mol. The number of benzene rings is 2. The van der Waals surface area contributed by atoms with Crippen molar-refractivity contribution in [2.75, 3.05) is 39.5 Å². The number of aryl methyl sites for hydroxylation is 1. The van der Waals surface area contributed by atoms with Crippen molar-refractivity contribution in [2.24, 2.45) is 0 Å². The zero-order valence-electron chi connectivity index (χ0n) is 20.3. The second kappa shape index (κ2) is 14.0. The van der Waals surface area contributed by atoms with Gasteiger partial charge in [0.1, 0.15) is 23.8 Å². The SMILES string of the molecule is Cc1ccc(OCCC(=O)NC(CN2CCC(F)C2)C(O)c2ccc(OCCCCF)cc2)cc1. The van der Waals surface area contributed by atoms with Gasteiger partial charge in [0.25, 0.3) is 0 Å². The van der Waals surface area contributed by atoms with Crippen LogP contribution in [-0.4, -0.2) is 67.6 Å². The summed E-state index contributed by atoms with van der Waals surface area (Å²) in [6, 6.07) is 14.0. The molecule has 0 aliphatic carbocycles. The number of aliphatic hydroxyl groups excluding tert-OH is 1. The van der Waals surface area contributed by atoms with Crippen LogP contribution in [0.5, 0.6) is 11.5 Å². The van der Waals surface area contributed by atoms with Crippen molar-refractivity contribution in [3.63, 3.8) is 0 Å². The van der Waals surface area contributed by atoms with E-state index in [1.165, 1.54) is 0 Å². The number of nitrogens with one attached hydrogen (secondary N) is 1. The lowest BCUT2D eigenvalue weighted by atomic mass is 10.0. The summed E-state index contributed by atoms with van der Waals surface area (Å²) in [6.07, 6.45) is -0.181. The van der Waals surface area contributed by atoms with Crippen molar-refractivity contribution in [3.05, 3.63) is 59.7 Å². The van der Waals surface area contributed by atoms with Crippen LogP contribution in [0.1, 0.15) is 42.9 Å². The Balaban J connectivity index is 1.56. The molecule has 0 saturated carbocycles. The summed E-state index contributed by atoms with van der Waals surface area (Å²) in [5.74, 6) is 1.08. The lowest BCUT2D eigenvalue weighted by Crippen LogP contribution is -2.47. The van der Waals surface area contributed by atoms with E-state index in [-0.39, 0.29) is 25.6 Å². The van der Waals surface area contributed by atoms with Crippen LogP contribution >= 0.6 is 0 Å². The normalized spacial score (nSPS) is 17.7. The number of carbonyl (C=O) groups is 1. The maximum Gasteiger partial charge on any atom is 0.223 e. The highest BCUT2D eigenvalue weighted by molar-refractivity contribution is 5.76. The minimum atomic E-state index is -0.976. The molecule has 1 saturated heterocycles. The Labute approximate surface area is 206 Å². The van der Waals surface area contributed by atoms with Gasteiger partial charge in [0, 0.05) is 19.6 Å². The molecule has 1 fully saturated rings. The highest BCUT2D eigenvalue weighted by Gasteiger charge is 2.29. The number of nitrogens with zero attached hydrogens (tertiary/aromatic N) is 1. The largest absolute Gasteiger partial charge is 0.494 e. The van der Waals surface area contributed by atoms with Gasteiger partial charge in [-0.15, -0.1) is 0 Å². The Morgan fingerprint density at radius 1 is 1.09 bits per heavy atom. The molecule has 1 aliphatic heterocycles. The van der Waals surface area contributed by atoms with E-state index in [1.54, 1.807) is 24.3 Å². The standard InChI is InChI=1S/C27H36F2N2O4/c1-20-4-8-23(9-5-20)35-17-13-26(32)30-25(19-31-15-12-22(29)18-31)27(33)21-6-10-24(11-7-21)34-16-3-2-14-28/h4-11,22,25,27,33H,2-3,12-19H2,1H3,(H,30,32). The monoisotopic (exact) mass is 490 g/mol. The molecule has 1 heterocycles. The number of rotatable bonds is 14. The molecule has 0 spiro atoms. The third kappa shape index (κ3) is 9.11. The van der Waals surface area contributed by atoms with Gasteiger partial charge in [0.05, 0.1) is 32.4 Å². The Bertz CT molecular complexity index is 895. The fourth-order valence-corrected chi connectivity index (χ4v) is 4.01. The maximum absolute atomic E-state index is 13.7. The highest BCUT2D eigenvalue weighted by atomic mass is 19.1. The molecule has 1 aliphatic rings. The number of aliphatic hydroxyl groups is 1. The molecule has 1 amide bonds. The molecular formula is C27H36F2N2O4. The molecule has 3 atom stereocenters. The van der Waals surface area contributed by atoms with Crippen molar-refractivity contribution >= 4 is 5.91 Å². The van der Waals surface area contributed by atoms with Crippen molar-refractivity contribution in [2.45, 2.75) is 50.9 Å². The quantitative estimate of drug-likeness (QED) is 0.389. The van der Waals surface area contributed by atoms with E-state index in [2.05, 4.69) is 5.32 Å². The molecule has 2 aromatic rings. The minimum absolute atomic E-state index is 0.133. The zero-order chi connectivity index (χ0) is 25.0. The number of alkyl halides is 2. The molecule has 2 N–H and O–H groups in total. The van der Waals surface area contributed by atoms with Gasteiger partial charge in [-0.05, 0) is 56.0 Å². The van der Waals surface area contributed by atoms with Crippen LogP contribution < -0.4 is 14.8 Å². The van der Waals surface area contributed by atoms with E-state index in [0.717, 1.165) is 5.56 Å². The summed E-state index contributed by atoms with van der Waals surface area (Å²) >= 11 is 0. The van der Waals surface area contributed by atoms with E-state index >= 15 is 0 Å². The predicted octanol–water partition coefficient (Wildman–Crippen LogP) is 4.15. The first-order chi connectivity index (χ1) is 16.9. The maximum atomic E-state index is 13.7. The molecule has 0 bridgehead atoms. The van der Waals surface area contributed by atoms with Gasteiger partial charge in [-0.3, -0.25) is 14.1 Å².